The van der Waals surface area contributed by atoms with Crippen LogP contribution in [0, 0.1) is 0 Å². The summed E-state index contributed by atoms with van der Waals surface area (Å²) in [4.78, 5) is 0. The fraction of sp³-hybridized carbons (Fsp3) is 0.167. The minimum atomic E-state index is -2.96. The molecule has 144 valence electrons. The second-order valence-electron chi connectivity index (χ2n) is 6.63. The van der Waals surface area contributed by atoms with Crippen molar-refractivity contribution in [1.82, 2.24) is 4.67 Å². The van der Waals surface area contributed by atoms with Crippen molar-refractivity contribution in [2.75, 3.05) is 6.54 Å². The van der Waals surface area contributed by atoms with Crippen molar-refractivity contribution in [3.05, 3.63) is 104 Å². The summed E-state index contributed by atoms with van der Waals surface area (Å²) in [7, 11) is -2.96. The van der Waals surface area contributed by atoms with Crippen molar-refractivity contribution in [2.45, 2.75) is 18.3 Å². The van der Waals surface area contributed by atoms with E-state index < -0.39 is 7.29 Å². The molecule has 3 rings (SSSR count). The van der Waals surface area contributed by atoms with Crippen LogP contribution in [0.2, 0.25) is 5.32 Å². The van der Waals surface area contributed by atoms with Crippen LogP contribution >= 0.6 is 7.29 Å². The summed E-state index contributed by atoms with van der Waals surface area (Å²) in [6.45, 7) is 6.72. The van der Waals surface area contributed by atoms with Gasteiger partial charge >= 0.3 is 175 Å². The van der Waals surface area contributed by atoms with E-state index >= 15 is 0 Å². The molecule has 0 radical (unpaired) electrons. The first kappa shape index (κ1) is 20.8. The first-order valence-corrected chi connectivity index (χ1v) is 13.2. The molecule has 0 spiro atoms. The minimum absolute atomic E-state index is 0.171. The molecule has 0 bridgehead atoms. The summed E-state index contributed by atoms with van der Waals surface area (Å²) < 4.78 is 18.2. The van der Waals surface area contributed by atoms with Gasteiger partial charge in [0, 0.05) is 0 Å². The Kier molecular flexibility index (Phi) is 7.48. The molecule has 0 fully saturated rings. The Morgan fingerprint density at radius 3 is 1.82 bits per heavy atom. The molecular weight excluding hydrogens is 428 g/mol. The zero-order valence-electron chi connectivity index (χ0n) is 16.1. The summed E-state index contributed by atoms with van der Waals surface area (Å²) in [5, 5.41) is 2.75. The second-order valence-corrected chi connectivity index (χ2v) is 11.6. The van der Waals surface area contributed by atoms with E-state index in [0.29, 0.717) is 21.5 Å². The standard InChI is InChI=1S/C24H26NOPSe/c1-3-19-25(21(2)20-28-24-17-11-6-12-18-24)27(26,22-13-7-4-8-14-22)23-15-9-5-10-16-23/h3-18,21H,1,19-20H2,2H3. The van der Waals surface area contributed by atoms with E-state index in [2.05, 4.69) is 42.4 Å². The van der Waals surface area contributed by atoms with E-state index in [1.54, 1.807) is 0 Å². The van der Waals surface area contributed by atoms with Gasteiger partial charge in [0.05, 0.1) is 0 Å². The molecule has 0 amide bonds. The van der Waals surface area contributed by atoms with Gasteiger partial charge in [-0.3, -0.25) is 0 Å². The average Bonchev–Trinajstić information content (AvgIpc) is 2.77. The van der Waals surface area contributed by atoms with Crippen LogP contribution in [0.15, 0.2) is 104 Å². The van der Waals surface area contributed by atoms with E-state index in [-0.39, 0.29) is 6.04 Å². The van der Waals surface area contributed by atoms with Crippen molar-refractivity contribution in [2.24, 2.45) is 0 Å². The zero-order chi connectivity index (χ0) is 19.8. The van der Waals surface area contributed by atoms with E-state index in [9.17, 15) is 4.57 Å². The number of hydrogen-bond donors (Lipinski definition) is 0. The predicted octanol–water partition coefficient (Wildman–Crippen LogP) is 4.24. The third kappa shape index (κ3) is 4.74. The topological polar surface area (TPSA) is 20.3 Å². The quantitative estimate of drug-likeness (QED) is 0.274. The molecule has 0 saturated carbocycles. The fourth-order valence-corrected chi connectivity index (χ4v) is 8.53. The first-order chi connectivity index (χ1) is 13.7. The molecule has 0 aromatic heterocycles. The van der Waals surface area contributed by atoms with Gasteiger partial charge in [-0.05, 0) is 0 Å². The van der Waals surface area contributed by atoms with E-state index in [0.717, 1.165) is 15.9 Å². The molecule has 1 unspecified atom stereocenters. The molecule has 28 heavy (non-hydrogen) atoms. The maximum atomic E-state index is 14.6. The Hall–Kier alpha value is -1.89. The summed E-state index contributed by atoms with van der Waals surface area (Å²) in [5.74, 6) is 0. The summed E-state index contributed by atoms with van der Waals surface area (Å²) in [5.41, 5.74) is 0. The Morgan fingerprint density at radius 1 is 0.893 bits per heavy atom. The zero-order valence-corrected chi connectivity index (χ0v) is 18.8. The fourth-order valence-electron chi connectivity index (χ4n) is 3.23. The van der Waals surface area contributed by atoms with Gasteiger partial charge in [0.1, 0.15) is 0 Å². The van der Waals surface area contributed by atoms with Gasteiger partial charge in [0.2, 0.25) is 0 Å². The van der Waals surface area contributed by atoms with Crippen LogP contribution in [-0.4, -0.2) is 32.2 Å². The average molecular weight is 454 g/mol. The molecule has 2 nitrogen and oxygen atoms in total. The molecule has 3 aromatic carbocycles. The van der Waals surface area contributed by atoms with Gasteiger partial charge in [0.25, 0.3) is 0 Å². The van der Waals surface area contributed by atoms with Crippen molar-refractivity contribution in [1.29, 1.82) is 0 Å². The van der Waals surface area contributed by atoms with E-state index in [1.165, 1.54) is 4.46 Å². The SMILES string of the molecule is C=CCN(C(C)C[Se]c1ccccc1)P(=O)(c1ccccc1)c1ccccc1. The van der Waals surface area contributed by atoms with Gasteiger partial charge < -0.3 is 0 Å². The number of hydrogen-bond acceptors (Lipinski definition) is 1. The van der Waals surface area contributed by atoms with Crippen LogP contribution in [0.5, 0.6) is 0 Å². The molecule has 0 N–H and O–H groups in total. The third-order valence-electron chi connectivity index (χ3n) is 4.63. The molecule has 0 aliphatic carbocycles. The Balaban J connectivity index is 1.97. The van der Waals surface area contributed by atoms with Crippen LogP contribution in [0.4, 0.5) is 0 Å². The summed E-state index contributed by atoms with van der Waals surface area (Å²) in [6.07, 6.45) is 1.87. The summed E-state index contributed by atoms with van der Waals surface area (Å²) in [6, 6.07) is 30.5. The second kappa shape index (κ2) is 10.0. The van der Waals surface area contributed by atoms with Gasteiger partial charge in [-0.2, -0.15) is 0 Å². The molecular formula is C24H26NOPSe. The normalized spacial score (nSPS) is 12.6. The number of nitrogens with zero attached hydrogens (tertiary/aromatic N) is 1. The van der Waals surface area contributed by atoms with Crippen molar-refractivity contribution < 1.29 is 4.57 Å². The third-order valence-corrected chi connectivity index (χ3v) is 10.5. The number of benzene rings is 3. The number of rotatable bonds is 9. The molecule has 0 saturated heterocycles. The first-order valence-electron chi connectivity index (χ1n) is 9.43. The van der Waals surface area contributed by atoms with Crippen LogP contribution in [0.3, 0.4) is 0 Å². The van der Waals surface area contributed by atoms with Crippen molar-refractivity contribution in [3.8, 4) is 0 Å². The monoisotopic (exact) mass is 455 g/mol. The van der Waals surface area contributed by atoms with Gasteiger partial charge in [-0.15, -0.1) is 0 Å². The molecule has 4 heteroatoms. The van der Waals surface area contributed by atoms with E-state index in [4.69, 9.17) is 0 Å². The van der Waals surface area contributed by atoms with E-state index in [1.807, 2.05) is 72.8 Å². The van der Waals surface area contributed by atoms with Gasteiger partial charge in [0.15, 0.2) is 0 Å². The van der Waals surface area contributed by atoms with Crippen LogP contribution in [-0.2, 0) is 4.57 Å². The maximum absolute atomic E-state index is 14.6. The van der Waals surface area contributed by atoms with Crippen LogP contribution < -0.4 is 15.1 Å². The molecule has 1 atom stereocenters. The predicted molar refractivity (Wildman–Crippen MR) is 123 cm³/mol. The van der Waals surface area contributed by atoms with Crippen molar-refractivity contribution in [3.63, 3.8) is 0 Å². The molecule has 3 aromatic rings. The van der Waals surface area contributed by atoms with Crippen molar-refractivity contribution >= 4 is 37.3 Å². The Bertz CT molecular complexity index is 872. The van der Waals surface area contributed by atoms with Crippen LogP contribution in [0.1, 0.15) is 6.92 Å². The van der Waals surface area contributed by atoms with Crippen LogP contribution in [0.25, 0.3) is 0 Å². The Morgan fingerprint density at radius 2 is 1.36 bits per heavy atom. The molecule has 0 aliphatic heterocycles. The molecule has 0 heterocycles. The Labute approximate surface area is 174 Å². The molecule has 0 aliphatic rings. The van der Waals surface area contributed by atoms with Gasteiger partial charge in [-0.1, -0.05) is 0 Å². The van der Waals surface area contributed by atoms with Gasteiger partial charge in [-0.25, -0.2) is 0 Å². The summed E-state index contributed by atoms with van der Waals surface area (Å²) >= 11 is 0.332.